The second-order valence-electron chi connectivity index (χ2n) is 8.48. The molecule has 0 atom stereocenters. The molecule has 0 heterocycles. The lowest BCUT2D eigenvalue weighted by molar-refractivity contribution is -0.137. The largest absolute Gasteiger partial charge is 0.481 e. The third-order valence-corrected chi connectivity index (χ3v) is 5.88. The number of nitrogens with zero attached hydrogens (tertiary/aromatic N) is 1. The summed E-state index contributed by atoms with van der Waals surface area (Å²) < 4.78 is 14.2. The summed E-state index contributed by atoms with van der Waals surface area (Å²) in [6.07, 6.45) is 7.86. The molecular formula is C25H32FNO2. The van der Waals surface area contributed by atoms with Gasteiger partial charge in [0.25, 0.3) is 0 Å². The predicted octanol–water partition coefficient (Wildman–Crippen LogP) is 5.73. The van der Waals surface area contributed by atoms with Crippen molar-refractivity contribution in [3.05, 3.63) is 70.5 Å². The standard InChI is InChI=1S/C25H32FNO2/c1-19-10-11-24(26)23(14-19)18-27(13-12-25(28)29)17-22-9-5-8-21(16-22)15-20-6-3-2-4-7-20/h5,8-11,14,16,20H,2-4,6-7,12-13,15,17-18H2,1H3,(H,28,29). The quantitative estimate of drug-likeness (QED) is 0.587. The van der Waals surface area contributed by atoms with Crippen LogP contribution in [0.1, 0.15) is 60.8 Å². The van der Waals surface area contributed by atoms with E-state index in [2.05, 4.69) is 24.3 Å². The second kappa shape index (κ2) is 10.5. The molecule has 29 heavy (non-hydrogen) atoms. The molecule has 0 radical (unpaired) electrons. The Balaban J connectivity index is 1.70. The highest BCUT2D eigenvalue weighted by Crippen LogP contribution is 2.27. The van der Waals surface area contributed by atoms with E-state index in [9.17, 15) is 9.18 Å². The molecule has 0 saturated heterocycles. The Morgan fingerprint density at radius 2 is 1.83 bits per heavy atom. The normalized spacial score (nSPS) is 15.0. The molecule has 1 saturated carbocycles. The Hall–Kier alpha value is -2.20. The third-order valence-electron chi connectivity index (χ3n) is 5.88. The topological polar surface area (TPSA) is 40.5 Å². The van der Waals surface area contributed by atoms with Crippen LogP contribution in [0.5, 0.6) is 0 Å². The zero-order valence-electron chi connectivity index (χ0n) is 17.4. The lowest BCUT2D eigenvalue weighted by Crippen LogP contribution is -2.26. The van der Waals surface area contributed by atoms with E-state index in [0.29, 0.717) is 25.2 Å². The van der Waals surface area contributed by atoms with Crippen molar-refractivity contribution in [1.29, 1.82) is 0 Å². The number of benzene rings is 2. The van der Waals surface area contributed by atoms with Gasteiger partial charge in [-0.15, -0.1) is 0 Å². The zero-order chi connectivity index (χ0) is 20.6. The van der Waals surface area contributed by atoms with Crippen molar-refractivity contribution in [2.45, 2.75) is 65.0 Å². The van der Waals surface area contributed by atoms with Crippen molar-refractivity contribution in [3.8, 4) is 0 Å². The van der Waals surface area contributed by atoms with E-state index < -0.39 is 5.97 Å². The molecular weight excluding hydrogens is 365 g/mol. The Kier molecular flexibility index (Phi) is 7.82. The van der Waals surface area contributed by atoms with Crippen molar-refractivity contribution in [3.63, 3.8) is 0 Å². The van der Waals surface area contributed by atoms with E-state index in [0.717, 1.165) is 23.5 Å². The molecule has 1 fully saturated rings. The monoisotopic (exact) mass is 397 g/mol. The lowest BCUT2D eigenvalue weighted by atomic mass is 9.84. The van der Waals surface area contributed by atoms with Gasteiger partial charge in [-0.05, 0) is 36.5 Å². The van der Waals surface area contributed by atoms with Gasteiger partial charge in [-0.3, -0.25) is 9.69 Å². The van der Waals surface area contributed by atoms with Crippen LogP contribution in [0.2, 0.25) is 0 Å². The van der Waals surface area contributed by atoms with E-state index in [-0.39, 0.29) is 12.2 Å². The molecule has 2 aromatic carbocycles. The number of carbonyl (C=O) groups is 1. The minimum Gasteiger partial charge on any atom is -0.481 e. The summed E-state index contributed by atoms with van der Waals surface area (Å²) in [4.78, 5) is 13.1. The fourth-order valence-electron chi connectivity index (χ4n) is 4.37. The van der Waals surface area contributed by atoms with Crippen molar-refractivity contribution >= 4 is 5.97 Å². The minimum atomic E-state index is -0.828. The maximum atomic E-state index is 14.2. The summed E-state index contributed by atoms with van der Waals surface area (Å²) >= 11 is 0. The van der Waals surface area contributed by atoms with Crippen molar-refractivity contribution < 1.29 is 14.3 Å². The summed E-state index contributed by atoms with van der Waals surface area (Å²) in [6.45, 7) is 3.38. The second-order valence-corrected chi connectivity index (χ2v) is 8.48. The summed E-state index contributed by atoms with van der Waals surface area (Å²) in [5.41, 5.74) is 4.15. The van der Waals surface area contributed by atoms with Crippen LogP contribution in [-0.2, 0) is 24.3 Å². The van der Waals surface area contributed by atoms with Crippen LogP contribution in [0.25, 0.3) is 0 Å². The van der Waals surface area contributed by atoms with Crippen molar-refractivity contribution in [1.82, 2.24) is 4.90 Å². The van der Waals surface area contributed by atoms with Crippen LogP contribution in [-0.4, -0.2) is 22.5 Å². The van der Waals surface area contributed by atoms with Crippen LogP contribution < -0.4 is 0 Å². The van der Waals surface area contributed by atoms with Gasteiger partial charge in [-0.2, -0.15) is 0 Å². The Labute approximate surface area is 173 Å². The number of rotatable bonds is 9. The Bertz CT molecular complexity index is 814. The highest BCUT2D eigenvalue weighted by molar-refractivity contribution is 5.66. The molecule has 0 bridgehead atoms. The Morgan fingerprint density at radius 1 is 1.07 bits per heavy atom. The van der Waals surface area contributed by atoms with Crippen LogP contribution in [0, 0.1) is 18.7 Å². The molecule has 1 N–H and O–H groups in total. The number of carboxylic acids is 1. The van der Waals surface area contributed by atoms with Gasteiger partial charge in [-0.1, -0.05) is 74.1 Å². The SMILES string of the molecule is Cc1ccc(F)c(CN(CCC(=O)O)Cc2cccc(CC3CCCCC3)c2)c1. The maximum Gasteiger partial charge on any atom is 0.304 e. The number of hydrogen-bond acceptors (Lipinski definition) is 2. The summed E-state index contributed by atoms with van der Waals surface area (Å²) in [6, 6.07) is 13.7. The molecule has 0 amide bonds. The number of aliphatic carboxylic acids is 1. The van der Waals surface area contributed by atoms with E-state index in [4.69, 9.17) is 5.11 Å². The van der Waals surface area contributed by atoms with Crippen molar-refractivity contribution in [2.75, 3.05) is 6.54 Å². The average Bonchev–Trinajstić information content (AvgIpc) is 2.70. The van der Waals surface area contributed by atoms with Crippen LogP contribution in [0.3, 0.4) is 0 Å². The van der Waals surface area contributed by atoms with E-state index in [1.54, 1.807) is 6.07 Å². The highest BCUT2D eigenvalue weighted by Gasteiger charge is 2.15. The number of aryl methyl sites for hydroxylation is 1. The molecule has 156 valence electrons. The molecule has 0 unspecified atom stereocenters. The van der Waals surface area contributed by atoms with E-state index in [1.165, 1.54) is 43.7 Å². The van der Waals surface area contributed by atoms with Gasteiger partial charge in [0.15, 0.2) is 0 Å². The van der Waals surface area contributed by atoms with Gasteiger partial charge < -0.3 is 5.11 Å². The molecule has 1 aliphatic carbocycles. The highest BCUT2D eigenvalue weighted by atomic mass is 19.1. The van der Waals surface area contributed by atoms with E-state index in [1.807, 2.05) is 17.9 Å². The first-order valence-corrected chi connectivity index (χ1v) is 10.8. The summed E-state index contributed by atoms with van der Waals surface area (Å²) in [5.74, 6) is -0.281. The van der Waals surface area contributed by atoms with Gasteiger partial charge in [0.1, 0.15) is 5.82 Å². The first-order valence-electron chi connectivity index (χ1n) is 10.8. The molecule has 4 heteroatoms. The number of hydrogen-bond donors (Lipinski definition) is 1. The summed E-state index contributed by atoms with van der Waals surface area (Å²) in [5, 5.41) is 9.12. The first kappa shape index (κ1) is 21.5. The van der Waals surface area contributed by atoms with E-state index >= 15 is 0 Å². The molecule has 1 aliphatic rings. The maximum absolute atomic E-state index is 14.2. The van der Waals surface area contributed by atoms with Gasteiger partial charge in [0.05, 0.1) is 6.42 Å². The molecule has 0 aromatic heterocycles. The molecule has 0 aliphatic heterocycles. The van der Waals surface area contributed by atoms with Gasteiger partial charge in [0.2, 0.25) is 0 Å². The van der Waals surface area contributed by atoms with Gasteiger partial charge in [0, 0.05) is 25.2 Å². The van der Waals surface area contributed by atoms with Gasteiger partial charge >= 0.3 is 5.97 Å². The molecule has 2 aromatic rings. The third kappa shape index (κ3) is 6.97. The Morgan fingerprint density at radius 3 is 2.59 bits per heavy atom. The fourth-order valence-corrected chi connectivity index (χ4v) is 4.37. The lowest BCUT2D eigenvalue weighted by Gasteiger charge is -2.24. The smallest absolute Gasteiger partial charge is 0.304 e. The van der Waals surface area contributed by atoms with Gasteiger partial charge in [-0.25, -0.2) is 4.39 Å². The first-order chi connectivity index (χ1) is 14.0. The number of halogens is 1. The molecule has 3 rings (SSSR count). The van der Waals surface area contributed by atoms with Crippen molar-refractivity contribution in [2.24, 2.45) is 5.92 Å². The number of carboxylic acid groups (broad SMARTS) is 1. The van der Waals surface area contributed by atoms with Crippen LogP contribution in [0.15, 0.2) is 42.5 Å². The molecule has 3 nitrogen and oxygen atoms in total. The summed E-state index contributed by atoms with van der Waals surface area (Å²) in [7, 11) is 0. The average molecular weight is 398 g/mol. The predicted molar refractivity (Wildman–Crippen MR) is 114 cm³/mol. The van der Waals surface area contributed by atoms with Crippen LogP contribution in [0.4, 0.5) is 4.39 Å². The molecule has 0 spiro atoms. The minimum absolute atomic E-state index is 0.0508. The zero-order valence-corrected chi connectivity index (χ0v) is 17.4. The fraction of sp³-hybridized carbons (Fsp3) is 0.480. The van der Waals surface area contributed by atoms with Crippen LogP contribution >= 0.6 is 0 Å².